The summed E-state index contributed by atoms with van der Waals surface area (Å²) in [4.78, 5) is 15.6. The van der Waals surface area contributed by atoms with Crippen molar-refractivity contribution in [3.05, 3.63) is 51.8 Å². The van der Waals surface area contributed by atoms with Crippen molar-refractivity contribution in [1.29, 1.82) is 0 Å². The quantitative estimate of drug-likeness (QED) is 0.459. The number of aromatic amines is 1. The van der Waals surface area contributed by atoms with Gasteiger partial charge in [-0.1, -0.05) is 29.3 Å². The Morgan fingerprint density at radius 3 is 2.61 bits per heavy atom. The van der Waals surface area contributed by atoms with E-state index in [1.54, 1.807) is 24.5 Å². The predicted octanol–water partition coefficient (Wildman–Crippen LogP) is 4.69. The second-order valence-corrected chi connectivity index (χ2v) is 9.83. The molecular formula is C22H23Cl2F2N2O4S+. The lowest BCUT2D eigenvalue weighted by Crippen LogP contribution is -2.32. The zero-order chi connectivity index (χ0) is 23.4. The number of thioether (sulfide) groups is 1. The number of hydrogen-bond acceptors (Lipinski definition) is 6. The molecule has 1 aromatic heterocycles. The van der Waals surface area contributed by atoms with Crippen molar-refractivity contribution < 1.29 is 32.8 Å². The Morgan fingerprint density at radius 1 is 1.21 bits per heavy atom. The minimum Gasteiger partial charge on any atom is -0.489 e. The third kappa shape index (κ3) is 6.62. The van der Waals surface area contributed by atoms with E-state index in [1.165, 1.54) is 17.8 Å². The summed E-state index contributed by atoms with van der Waals surface area (Å²) in [5.41, 5.74) is 1.15. The van der Waals surface area contributed by atoms with Gasteiger partial charge in [0.25, 0.3) is 0 Å². The number of pyridine rings is 1. The first-order chi connectivity index (χ1) is 15.9. The van der Waals surface area contributed by atoms with Crippen molar-refractivity contribution in [2.75, 3.05) is 18.9 Å². The summed E-state index contributed by atoms with van der Waals surface area (Å²) in [7, 11) is 0. The highest BCUT2D eigenvalue weighted by atomic mass is 35.5. The van der Waals surface area contributed by atoms with Gasteiger partial charge in [0.05, 0.1) is 6.61 Å². The van der Waals surface area contributed by atoms with Crippen LogP contribution in [0.4, 0.5) is 8.78 Å². The molecule has 1 aromatic carbocycles. The Kier molecular flexibility index (Phi) is 8.16. The van der Waals surface area contributed by atoms with E-state index in [4.69, 9.17) is 32.7 Å². The van der Waals surface area contributed by atoms with E-state index < -0.39 is 24.1 Å². The summed E-state index contributed by atoms with van der Waals surface area (Å²) in [6.45, 7) is -1.88. The maximum atomic E-state index is 12.9. The average Bonchev–Trinajstić information content (AvgIpc) is 3.44. The number of hydrogen-bond donors (Lipinski definition) is 1. The Labute approximate surface area is 204 Å². The molecule has 0 bridgehead atoms. The van der Waals surface area contributed by atoms with Gasteiger partial charge >= 0.3 is 12.6 Å². The molecule has 2 aliphatic rings. The fraction of sp³-hybridized carbons (Fsp3) is 0.455. The maximum Gasteiger partial charge on any atom is 0.387 e. The number of H-pyrrole nitrogens is 1. The monoisotopic (exact) mass is 519 g/mol. The Balaban J connectivity index is 1.63. The van der Waals surface area contributed by atoms with E-state index in [1.807, 2.05) is 0 Å². The second-order valence-electron chi connectivity index (χ2n) is 7.80. The molecule has 1 saturated heterocycles. The van der Waals surface area contributed by atoms with E-state index in [9.17, 15) is 13.6 Å². The minimum atomic E-state index is -2.99. The topological polar surface area (TPSA) is 70.9 Å². The molecule has 0 unspecified atom stereocenters. The van der Waals surface area contributed by atoms with Gasteiger partial charge in [-0.05, 0) is 36.5 Å². The number of halogens is 4. The molecule has 2 heterocycles. The number of benzene rings is 1. The number of nitrogens with one attached hydrogen (secondary N) is 2. The Hall–Kier alpha value is -1.81. The van der Waals surface area contributed by atoms with E-state index in [2.05, 4.69) is 15.0 Å². The molecule has 1 aliphatic heterocycles. The molecule has 0 spiro atoms. The predicted molar refractivity (Wildman–Crippen MR) is 121 cm³/mol. The van der Waals surface area contributed by atoms with Crippen LogP contribution in [-0.2, 0) is 16.0 Å². The smallest absolute Gasteiger partial charge is 0.387 e. The standard InChI is InChI=1S/C22H22Cl2F2N2O4S/c23-15-9-27-10-16(24)14(15)8-18(31-21(29)20-28-5-6-33-20)13-3-4-17(32-22(25)26)19(7-13)30-11-12-1-2-12/h3-4,7,9-10,12,18,20,22,28H,1-2,5-6,8,11H2/p+1/t18-,20-/m0/s1. The summed E-state index contributed by atoms with van der Waals surface area (Å²) in [6.07, 6.45) is 4.66. The van der Waals surface area contributed by atoms with Gasteiger partial charge in [-0.2, -0.15) is 8.78 Å². The fourth-order valence-corrected chi connectivity index (χ4v) is 4.82. The molecule has 2 fully saturated rings. The first-order valence-corrected chi connectivity index (χ1v) is 12.3. The van der Waals surface area contributed by atoms with E-state index in [-0.39, 0.29) is 17.9 Å². The zero-order valence-electron chi connectivity index (χ0n) is 17.5. The number of ether oxygens (including phenoxy) is 3. The van der Waals surface area contributed by atoms with Crippen LogP contribution in [-0.4, -0.2) is 36.9 Å². The van der Waals surface area contributed by atoms with E-state index >= 15 is 0 Å². The van der Waals surface area contributed by atoms with Crippen LogP contribution in [0.25, 0.3) is 0 Å². The number of aromatic nitrogens is 1. The average molecular weight is 520 g/mol. The molecule has 0 amide bonds. The van der Waals surface area contributed by atoms with Gasteiger partial charge in [0.1, 0.15) is 16.1 Å². The summed E-state index contributed by atoms with van der Waals surface area (Å²) in [5.74, 6) is 0.886. The third-order valence-corrected chi connectivity index (χ3v) is 7.11. The molecular weight excluding hydrogens is 497 g/mol. The summed E-state index contributed by atoms with van der Waals surface area (Å²) >= 11 is 14.1. The van der Waals surface area contributed by atoms with Crippen molar-refractivity contribution in [1.82, 2.24) is 5.32 Å². The van der Waals surface area contributed by atoms with Crippen LogP contribution >= 0.6 is 35.0 Å². The van der Waals surface area contributed by atoms with E-state index in [0.29, 0.717) is 40.2 Å². The summed E-state index contributed by atoms with van der Waals surface area (Å²) in [6, 6.07) is 4.55. The van der Waals surface area contributed by atoms with Gasteiger partial charge in [-0.3, -0.25) is 5.32 Å². The van der Waals surface area contributed by atoms with Gasteiger partial charge in [0.15, 0.2) is 29.3 Å². The molecule has 6 nitrogen and oxygen atoms in total. The van der Waals surface area contributed by atoms with Crippen molar-refractivity contribution in [2.45, 2.75) is 37.4 Å². The molecule has 2 aromatic rings. The molecule has 2 N–H and O–H groups in total. The molecule has 2 atom stereocenters. The minimum absolute atomic E-state index is 0.0714. The molecule has 178 valence electrons. The third-order valence-electron chi connectivity index (χ3n) is 5.30. The SMILES string of the molecule is O=C(O[C@@H](Cc1c(Cl)c[nH+]cc1Cl)c1ccc(OC(F)F)c(OCC2CC2)c1)[C@H]1NCCS1. The van der Waals surface area contributed by atoms with Crippen molar-refractivity contribution in [2.24, 2.45) is 5.92 Å². The molecule has 1 aliphatic carbocycles. The molecule has 4 rings (SSSR count). The zero-order valence-corrected chi connectivity index (χ0v) is 19.8. The molecule has 0 radical (unpaired) electrons. The van der Waals surface area contributed by atoms with Gasteiger partial charge in [0.2, 0.25) is 0 Å². The summed E-state index contributed by atoms with van der Waals surface area (Å²) in [5, 5.41) is 3.38. The van der Waals surface area contributed by atoms with E-state index in [0.717, 1.165) is 18.6 Å². The summed E-state index contributed by atoms with van der Waals surface area (Å²) < 4.78 is 42.1. The van der Waals surface area contributed by atoms with Crippen LogP contribution in [0.5, 0.6) is 11.5 Å². The Morgan fingerprint density at radius 2 is 1.97 bits per heavy atom. The lowest BCUT2D eigenvalue weighted by molar-refractivity contribution is -0.377. The lowest BCUT2D eigenvalue weighted by Gasteiger charge is -2.22. The maximum absolute atomic E-state index is 12.9. The molecule has 33 heavy (non-hydrogen) atoms. The first-order valence-electron chi connectivity index (χ1n) is 10.5. The van der Waals surface area contributed by atoms with Gasteiger partial charge in [-0.15, -0.1) is 11.8 Å². The molecule has 11 heteroatoms. The highest BCUT2D eigenvalue weighted by Gasteiger charge is 2.30. The van der Waals surface area contributed by atoms with Crippen LogP contribution in [0.3, 0.4) is 0 Å². The van der Waals surface area contributed by atoms with Crippen molar-refractivity contribution in [3.63, 3.8) is 0 Å². The number of carbonyl (C=O) groups is 1. The first kappa shape index (κ1) is 24.3. The van der Waals surface area contributed by atoms with Gasteiger partial charge in [-0.25, -0.2) is 9.78 Å². The highest BCUT2D eigenvalue weighted by molar-refractivity contribution is 8.00. The highest BCUT2D eigenvalue weighted by Crippen LogP contribution is 2.38. The van der Waals surface area contributed by atoms with Crippen LogP contribution in [0.15, 0.2) is 30.6 Å². The van der Waals surface area contributed by atoms with Crippen LogP contribution in [0.1, 0.15) is 30.1 Å². The normalized spacial score (nSPS) is 18.9. The Bertz CT molecular complexity index is 971. The number of carbonyl (C=O) groups excluding carboxylic acids is 1. The second kappa shape index (κ2) is 11.1. The fourth-order valence-electron chi connectivity index (χ4n) is 3.39. The number of rotatable bonds is 10. The molecule has 1 saturated carbocycles. The largest absolute Gasteiger partial charge is 0.489 e. The van der Waals surface area contributed by atoms with Gasteiger partial charge in [0, 0.05) is 24.3 Å². The van der Waals surface area contributed by atoms with Crippen LogP contribution in [0, 0.1) is 5.92 Å². The van der Waals surface area contributed by atoms with Crippen molar-refractivity contribution in [3.8, 4) is 11.5 Å². The van der Waals surface area contributed by atoms with Gasteiger partial charge < -0.3 is 14.2 Å². The number of alkyl halides is 2. The van der Waals surface area contributed by atoms with Crippen LogP contribution < -0.4 is 19.8 Å². The van der Waals surface area contributed by atoms with Crippen molar-refractivity contribution >= 4 is 40.9 Å². The number of esters is 1. The lowest BCUT2D eigenvalue weighted by atomic mass is 10.0. The van der Waals surface area contributed by atoms with Crippen LogP contribution in [0.2, 0.25) is 10.0 Å².